The number of unbranched alkanes of at least 4 members (excludes halogenated alkanes) is 4. The average molecular weight is 369 g/mol. The Morgan fingerprint density at radius 3 is 2.12 bits per heavy atom. The van der Waals surface area contributed by atoms with Crippen molar-refractivity contribution in [2.45, 2.75) is 46.0 Å². The molecule has 0 aliphatic rings. The Morgan fingerprint density at radius 2 is 1.67 bits per heavy atom. The number of hydrogen-bond donors (Lipinski definition) is 2. The van der Waals surface area contributed by atoms with Crippen molar-refractivity contribution in [3.63, 3.8) is 0 Å². The molecule has 0 aromatic rings. The second-order valence-electron chi connectivity index (χ2n) is 6.52. The van der Waals surface area contributed by atoms with E-state index in [1.807, 2.05) is 6.08 Å². The van der Waals surface area contributed by atoms with Gasteiger partial charge in [-0.3, -0.25) is 9.28 Å². The summed E-state index contributed by atoms with van der Waals surface area (Å²) >= 11 is 0. The van der Waals surface area contributed by atoms with Crippen molar-refractivity contribution in [1.82, 2.24) is 0 Å². The number of carbonyl (C=O) groups is 2. The van der Waals surface area contributed by atoms with Gasteiger partial charge in [0, 0.05) is 11.9 Å². The van der Waals surface area contributed by atoms with Gasteiger partial charge < -0.3 is 20.1 Å². The van der Waals surface area contributed by atoms with Gasteiger partial charge >= 0.3 is 57.4 Å². The molecule has 0 heterocycles. The van der Waals surface area contributed by atoms with E-state index in [2.05, 4.69) is 6.58 Å². The fourth-order valence-electron chi connectivity index (χ4n) is 2.85. The first-order chi connectivity index (χ1) is 10.8. The Bertz CT molecular complexity index is 367. The summed E-state index contributed by atoms with van der Waals surface area (Å²) in [5.74, 6) is -3.48. The van der Waals surface area contributed by atoms with Gasteiger partial charge in [-0.25, -0.2) is 0 Å². The van der Waals surface area contributed by atoms with Crippen LogP contribution in [0.25, 0.3) is 0 Å². The molecule has 0 saturated carbocycles. The van der Waals surface area contributed by atoms with E-state index >= 15 is 0 Å². The van der Waals surface area contributed by atoms with Crippen molar-refractivity contribution in [2.24, 2.45) is 11.8 Å². The zero-order chi connectivity index (χ0) is 17.9. The van der Waals surface area contributed by atoms with Gasteiger partial charge in [-0.15, -0.1) is 6.58 Å². The van der Waals surface area contributed by atoms with Crippen LogP contribution in [0, 0.1) is 11.8 Å². The van der Waals surface area contributed by atoms with E-state index in [9.17, 15) is 19.8 Å². The van der Waals surface area contributed by atoms with Crippen molar-refractivity contribution in [2.75, 3.05) is 26.4 Å². The van der Waals surface area contributed by atoms with E-state index in [1.54, 1.807) is 6.92 Å². The molecular formula is C17H31KNO5+. The molecule has 0 fully saturated rings. The second-order valence-corrected chi connectivity index (χ2v) is 6.52. The Hall–Kier alpha value is 0.236. The molecule has 3 unspecified atom stereocenters. The summed E-state index contributed by atoms with van der Waals surface area (Å²) in [5, 5.41) is 30.0. The fraction of sp³-hybridized carbons (Fsp3) is 0.765. The van der Waals surface area contributed by atoms with Crippen molar-refractivity contribution in [3.05, 3.63) is 12.7 Å². The number of aliphatic hydroxyl groups excluding tert-OH is 1. The number of allylic oxidation sites excluding steroid dienone is 1. The first kappa shape index (κ1) is 26.5. The molecular weight excluding hydrogens is 337 g/mol. The zero-order valence-corrected chi connectivity index (χ0v) is 18.5. The third kappa shape index (κ3) is 11.0. The fourth-order valence-corrected chi connectivity index (χ4v) is 2.85. The summed E-state index contributed by atoms with van der Waals surface area (Å²) in [5.41, 5.74) is 0. The van der Waals surface area contributed by atoms with Crippen LogP contribution in [0.3, 0.4) is 0 Å². The summed E-state index contributed by atoms with van der Waals surface area (Å²) in [6.07, 6.45) is 6.74. The molecule has 0 amide bonds. The molecule has 0 radical (unpaired) electrons. The summed E-state index contributed by atoms with van der Waals surface area (Å²) in [7, 11) is 0. The predicted octanol–water partition coefficient (Wildman–Crippen LogP) is -2.00. The number of carbonyl (C=O) groups excluding carboxylic acids is 1. The van der Waals surface area contributed by atoms with Crippen LogP contribution in [-0.2, 0) is 9.59 Å². The molecule has 0 saturated heterocycles. The molecule has 0 aliphatic heterocycles. The maximum atomic E-state index is 11.1. The van der Waals surface area contributed by atoms with Crippen LogP contribution >= 0.6 is 0 Å². The van der Waals surface area contributed by atoms with Gasteiger partial charge in [0.05, 0.1) is 19.6 Å². The predicted molar refractivity (Wildman–Crippen MR) is 86.2 cm³/mol. The molecule has 0 spiro atoms. The molecule has 0 aromatic carbocycles. The van der Waals surface area contributed by atoms with E-state index in [0.29, 0.717) is 6.54 Å². The van der Waals surface area contributed by atoms with E-state index < -0.39 is 23.8 Å². The van der Waals surface area contributed by atoms with Gasteiger partial charge in [0.25, 0.3) is 0 Å². The molecule has 134 valence electrons. The maximum Gasteiger partial charge on any atom is 1.00 e. The quantitative estimate of drug-likeness (QED) is 0.122. The van der Waals surface area contributed by atoms with Crippen molar-refractivity contribution >= 4 is 11.9 Å². The van der Waals surface area contributed by atoms with Crippen LogP contribution in [0.2, 0.25) is 0 Å². The number of quaternary nitrogens is 1. The van der Waals surface area contributed by atoms with Crippen LogP contribution in [0.4, 0.5) is 0 Å². The van der Waals surface area contributed by atoms with E-state index in [-0.39, 0.29) is 75.7 Å². The summed E-state index contributed by atoms with van der Waals surface area (Å²) in [6, 6.07) is 0. The van der Waals surface area contributed by atoms with Crippen LogP contribution < -0.4 is 56.5 Å². The van der Waals surface area contributed by atoms with Crippen LogP contribution in [0.5, 0.6) is 0 Å². The maximum absolute atomic E-state index is 11.1. The largest absolute Gasteiger partial charge is 1.00 e. The molecule has 0 aliphatic carbocycles. The number of rotatable bonds is 14. The number of carboxylic acid groups (broad SMARTS) is 2. The van der Waals surface area contributed by atoms with Crippen LogP contribution in [0.15, 0.2) is 12.7 Å². The molecule has 7 heteroatoms. The van der Waals surface area contributed by atoms with Gasteiger partial charge in [-0.2, -0.15) is 0 Å². The van der Waals surface area contributed by atoms with E-state index in [4.69, 9.17) is 5.11 Å². The molecule has 3 atom stereocenters. The molecule has 0 bridgehead atoms. The first-order valence-corrected chi connectivity index (χ1v) is 8.28. The van der Waals surface area contributed by atoms with Crippen LogP contribution in [-0.4, -0.2) is 53.0 Å². The second kappa shape index (κ2) is 14.4. The van der Waals surface area contributed by atoms with Gasteiger partial charge in [-0.1, -0.05) is 19.4 Å². The van der Waals surface area contributed by atoms with E-state index in [1.165, 1.54) is 6.92 Å². The van der Waals surface area contributed by atoms with Crippen molar-refractivity contribution < 1.29 is 80.8 Å². The molecule has 0 aromatic heterocycles. The Balaban J connectivity index is 0. The SMILES string of the molecule is C=CCCCCCC[N+](CO)(CC(C)C(=O)[O-])CC(C)C(=O)O.[K+]. The number of aliphatic carboxylic acids is 2. The van der Waals surface area contributed by atoms with Gasteiger partial charge in [0.15, 0.2) is 6.73 Å². The molecule has 6 nitrogen and oxygen atoms in total. The first-order valence-electron chi connectivity index (χ1n) is 8.28. The minimum absolute atomic E-state index is 0. The Labute approximate surface area is 187 Å². The van der Waals surface area contributed by atoms with Crippen molar-refractivity contribution in [1.29, 1.82) is 0 Å². The average Bonchev–Trinajstić information content (AvgIpc) is 2.50. The minimum Gasteiger partial charge on any atom is -0.550 e. The monoisotopic (exact) mass is 368 g/mol. The van der Waals surface area contributed by atoms with Crippen LogP contribution in [0.1, 0.15) is 46.0 Å². The van der Waals surface area contributed by atoms with E-state index in [0.717, 1.165) is 32.1 Å². The third-order valence-electron chi connectivity index (χ3n) is 4.24. The normalized spacial score (nSPS) is 15.6. The summed E-state index contributed by atoms with van der Waals surface area (Å²) < 4.78 is 0.0874. The van der Waals surface area contributed by atoms with Gasteiger partial charge in [0.2, 0.25) is 0 Å². The third-order valence-corrected chi connectivity index (χ3v) is 4.24. The number of hydrogen-bond acceptors (Lipinski definition) is 4. The Kier molecular flexibility index (Phi) is 15.9. The molecule has 24 heavy (non-hydrogen) atoms. The Morgan fingerprint density at radius 1 is 1.12 bits per heavy atom. The summed E-state index contributed by atoms with van der Waals surface area (Å²) in [6.45, 7) is 7.50. The number of carboxylic acids is 2. The number of aliphatic hydroxyl groups is 1. The summed E-state index contributed by atoms with van der Waals surface area (Å²) in [4.78, 5) is 22.2. The molecule has 2 N–H and O–H groups in total. The molecule has 0 rings (SSSR count). The van der Waals surface area contributed by atoms with Gasteiger partial charge in [-0.05, 0) is 32.6 Å². The van der Waals surface area contributed by atoms with Crippen molar-refractivity contribution in [3.8, 4) is 0 Å². The minimum atomic E-state index is -1.17. The number of nitrogens with zero attached hydrogens (tertiary/aromatic N) is 1. The standard InChI is InChI=1S/C17H31NO5.K/c1-4-5-6-7-8-9-10-18(13-19,11-14(2)16(20)21)12-15(3)17(22)23;/h4,14-15,19H,1,5-13H2,2-3H3,(H-,20,21,22,23);/q;+1. The zero-order valence-electron chi connectivity index (χ0n) is 15.4. The topological polar surface area (TPSA) is 97.7 Å². The van der Waals surface area contributed by atoms with Gasteiger partial charge in [0.1, 0.15) is 5.92 Å². The smallest absolute Gasteiger partial charge is 0.550 e.